The molecule has 5 heteroatoms. The van der Waals surface area contributed by atoms with Gasteiger partial charge >= 0.3 is 0 Å². The first kappa shape index (κ1) is 13.0. The van der Waals surface area contributed by atoms with Gasteiger partial charge in [0.1, 0.15) is 6.26 Å². The summed E-state index contributed by atoms with van der Waals surface area (Å²) in [5.41, 5.74) is 1.30. The second kappa shape index (κ2) is 4.82. The van der Waals surface area contributed by atoms with Crippen LogP contribution in [0.15, 0.2) is 36.2 Å². The van der Waals surface area contributed by atoms with E-state index in [1.54, 1.807) is 0 Å². The Balaban J connectivity index is 1.89. The van der Waals surface area contributed by atoms with Crippen molar-refractivity contribution in [2.45, 2.75) is 5.41 Å². The molecule has 2 aliphatic rings. The van der Waals surface area contributed by atoms with E-state index < -0.39 is 0 Å². The van der Waals surface area contributed by atoms with Crippen LogP contribution < -0.4 is 5.32 Å². The van der Waals surface area contributed by atoms with Gasteiger partial charge in [-0.2, -0.15) is 0 Å². The molecule has 0 spiro atoms. The molecule has 1 N–H and O–H groups in total. The molecule has 1 saturated carbocycles. The number of fused-ring (bicyclic) bond motifs is 1. The van der Waals surface area contributed by atoms with Gasteiger partial charge in [0.05, 0.1) is 10.0 Å². The molecule has 0 aromatic heterocycles. The Morgan fingerprint density at radius 3 is 3.00 bits per heavy atom. The maximum atomic E-state index is 6.12. The van der Waals surface area contributed by atoms with Crippen LogP contribution in [-0.4, -0.2) is 19.3 Å². The van der Waals surface area contributed by atoms with Gasteiger partial charge in [-0.05, 0) is 30.2 Å². The first-order chi connectivity index (χ1) is 9.20. The van der Waals surface area contributed by atoms with Crippen LogP contribution in [0, 0.1) is 11.8 Å². The highest BCUT2D eigenvalue weighted by atomic mass is 35.5. The van der Waals surface area contributed by atoms with Crippen molar-refractivity contribution in [3.8, 4) is 0 Å². The maximum absolute atomic E-state index is 6.12. The molecule has 1 saturated heterocycles. The number of halogens is 2. The fraction of sp³-hybridized carbons (Fsp3) is 0.357. The fourth-order valence-electron chi connectivity index (χ4n) is 3.22. The molecule has 0 radical (unpaired) electrons. The highest BCUT2D eigenvalue weighted by molar-refractivity contribution is 6.42. The Labute approximate surface area is 122 Å². The molecule has 100 valence electrons. The summed E-state index contributed by atoms with van der Waals surface area (Å²) in [6, 6.07) is 5.87. The van der Waals surface area contributed by atoms with Crippen LogP contribution in [0.25, 0.3) is 0 Å². The monoisotopic (exact) mass is 296 g/mol. The van der Waals surface area contributed by atoms with Gasteiger partial charge in [0.15, 0.2) is 0 Å². The zero-order valence-electron chi connectivity index (χ0n) is 10.3. The topological polar surface area (TPSA) is 33.6 Å². The summed E-state index contributed by atoms with van der Waals surface area (Å²) in [5, 5.41) is 8.52. The van der Waals surface area contributed by atoms with Crippen LogP contribution in [-0.2, 0) is 10.3 Å². The Hall–Kier alpha value is -1.03. The molecule has 3 unspecified atom stereocenters. The van der Waals surface area contributed by atoms with Crippen molar-refractivity contribution in [3.63, 3.8) is 0 Å². The molecule has 19 heavy (non-hydrogen) atoms. The van der Waals surface area contributed by atoms with E-state index in [9.17, 15) is 0 Å². The average Bonchev–Trinajstić information content (AvgIpc) is 2.81. The molecular weight excluding hydrogens is 283 g/mol. The lowest BCUT2D eigenvalue weighted by molar-refractivity contribution is 0.270. The molecule has 1 aliphatic heterocycles. The van der Waals surface area contributed by atoms with E-state index >= 15 is 0 Å². The smallest absolute Gasteiger partial charge is 0.114 e. The lowest BCUT2D eigenvalue weighted by atomic mass is 9.93. The van der Waals surface area contributed by atoms with E-state index in [-0.39, 0.29) is 5.41 Å². The van der Waals surface area contributed by atoms with Crippen LogP contribution in [0.1, 0.15) is 5.56 Å². The third-order valence-electron chi connectivity index (χ3n) is 4.18. The third-order valence-corrected chi connectivity index (χ3v) is 4.92. The number of rotatable bonds is 4. The first-order valence-corrected chi connectivity index (χ1v) is 6.92. The van der Waals surface area contributed by atoms with E-state index in [1.165, 1.54) is 11.8 Å². The minimum Gasteiger partial charge on any atom is -0.366 e. The zero-order chi connectivity index (χ0) is 13.5. The summed E-state index contributed by atoms with van der Waals surface area (Å²) in [5.74, 6) is 0.924. The summed E-state index contributed by atoms with van der Waals surface area (Å²) < 4.78 is 0. The number of hydrogen-bond acceptors (Lipinski definition) is 3. The van der Waals surface area contributed by atoms with Gasteiger partial charge in [-0.25, -0.2) is 0 Å². The van der Waals surface area contributed by atoms with Crippen molar-refractivity contribution < 1.29 is 4.84 Å². The lowest BCUT2D eigenvalue weighted by Crippen LogP contribution is -2.23. The Morgan fingerprint density at radius 1 is 1.42 bits per heavy atom. The molecule has 1 heterocycles. The molecule has 3 atom stereocenters. The van der Waals surface area contributed by atoms with E-state index in [4.69, 9.17) is 28.0 Å². The molecule has 1 aliphatic carbocycles. The quantitative estimate of drug-likeness (QED) is 0.526. The Kier molecular flexibility index (Phi) is 3.29. The van der Waals surface area contributed by atoms with Gasteiger partial charge < -0.3 is 10.2 Å². The fourth-order valence-corrected chi connectivity index (χ4v) is 3.52. The number of piperidine rings is 1. The number of benzene rings is 1. The largest absolute Gasteiger partial charge is 0.366 e. The van der Waals surface area contributed by atoms with Gasteiger partial charge in [0.2, 0.25) is 0 Å². The molecule has 1 aromatic rings. The SMILES string of the molecule is C=CO/N=C/C1C2CNCC12c1ccc(Cl)c(Cl)c1. The highest BCUT2D eigenvalue weighted by Gasteiger charge is 2.67. The predicted molar refractivity (Wildman–Crippen MR) is 77.8 cm³/mol. The third kappa shape index (κ3) is 1.97. The molecular formula is C14H14Cl2N2O. The predicted octanol–water partition coefficient (Wildman–Crippen LogP) is 3.23. The van der Waals surface area contributed by atoms with Gasteiger partial charge in [-0.3, -0.25) is 0 Å². The average molecular weight is 297 g/mol. The minimum atomic E-state index is 0.0856. The standard InChI is InChI=1S/C14H14Cl2N2O/c1-2-19-18-7-11-10-6-17-8-14(10,11)9-3-4-12(15)13(16)5-9/h2-5,7,10-11,17H,1,6,8H2/b18-7+. The summed E-state index contributed by atoms with van der Waals surface area (Å²) in [6.07, 6.45) is 3.19. The van der Waals surface area contributed by atoms with Crippen molar-refractivity contribution >= 4 is 29.4 Å². The van der Waals surface area contributed by atoms with E-state index in [0.717, 1.165) is 13.1 Å². The maximum Gasteiger partial charge on any atom is 0.114 e. The van der Waals surface area contributed by atoms with E-state index in [2.05, 4.69) is 23.1 Å². The van der Waals surface area contributed by atoms with Gasteiger partial charge in [-0.1, -0.05) is 41.0 Å². The van der Waals surface area contributed by atoms with Crippen molar-refractivity contribution in [1.82, 2.24) is 5.32 Å². The van der Waals surface area contributed by atoms with Crippen molar-refractivity contribution in [2.75, 3.05) is 13.1 Å². The van der Waals surface area contributed by atoms with Crippen LogP contribution in [0.5, 0.6) is 0 Å². The van der Waals surface area contributed by atoms with Crippen LogP contribution >= 0.6 is 23.2 Å². The molecule has 1 aromatic carbocycles. The number of hydrogen-bond donors (Lipinski definition) is 1. The van der Waals surface area contributed by atoms with Gasteiger partial charge in [0, 0.05) is 24.1 Å². The zero-order valence-corrected chi connectivity index (χ0v) is 11.8. The molecule has 3 nitrogen and oxygen atoms in total. The van der Waals surface area contributed by atoms with Gasteiger partial charge in [0.25, 0.3) is 0 Å². The molecule has 3 rings (SSSR count). The number of oxime groups is 1. The number of nitrogens with zero attached hydrogens (tertiary/aromatic N) is 1. The molecule has 0 amide bonds. The normalized spacial score (nSPS) is 32.3. The summed E-state index contributed by atoms with van der Waals surface area (Å²) >= 11 is 12.1. The first-order valence-electron chi connectivity index (χ1n) is 6.16. The summed E-state index contributed by atoms with van der Waals surface area (Å²) in [6.45, 7) is 5.39. The van der Waals surface area contributed by atoms with Crippen molar-refractivity contribution in [2.24, 2.45) is 17.0 Å². The summed E-state index contributed by atoms with van der Waals surface area (Å²) in [7, 11) is 0. The molecule has 0 bridgehead atoms. The Bertz CT molecular complexity index is 546. The second-order valence-corrected chi connectivity index (χ2v) is 5.77. The second-order valence-electron chi connectivity index (χ2n) is 4.96. The van der Waals surface area contributed by atoms with E-state index in [1.807, 2.05) is 18.3 Å². The van der Waals surface area contributed by atoms with Crippen LogP contribution in [0.4, 0.5) is 0 Å². The Morgan fingerprint density at radius 2 is 2.26 bits per heavy atom. The lowest BCUT2D eigenvalue weighted by Gasteiger charge is -2.15. The van der Waals surface area contributed by atoms with E-state index in [0.29, 0.717) is 21.9 Å². The molecule has 2 fully saturated rings. The van der Waals surface area contributed by atoms with Gasteiger partial charge in [-0.15, -0.1) is 0 Å². The van der Waals surface area contributed by atoms with Crippen LogP contribution in [0.2, 0.25) is 10.0 Å². The highest BCUT2D eigenvalue weighted by Crippen LogP contribution is 2.61. The van der Waals surface area contributed by atoms with Crippen LogP contribution in [0.3, 0.4) is 0 Å². The van der Waals surface area contributed by atoms with Crippen molar-refractivity contribution in [1.29, 1.82) is 0 Å². The minimum absolute atomic E-state index is 0.0856. The summed E-state index contributed by atoms with van der Waals surface area (Å²) in [4.78, 5) is 4.84. The van der Waals surface area contributed by atoms with Crippen molar-refractivity contribution in [3.05, 3.63) is 46.6 Å². The number of nitrogens with one attached hydrogen (secondary N) is 1.